The molecule has 1 aliphatic rings. The number of hydrogen-bond donors (Lipinski definition) is 4. The number of carbonyl (C=O) groups is 2. The van der Waals surface area contributed by atoms with Crippen molar-refractivity contribution in [2.75, 3.05) is 0 Å². The molecular formula is C4H7AlN4O5. The highest BCUT2D eigenvalue weighted by atomic mass is 27.2. The minimum atomic E-state index is -3.36. The van der Waals surface area contributed by atoms with Crippen LogP contribution in [0.15, 0.2) is 4.99 Å². The van der Waals surface area contributed by atoms with Crippen molar-refractivity contribution >= 4 is 33.4 Å². The quantitative estimate of drug-likeness (QED) is 0.368. The molecule has 10 heteroatoms. The molecule has 0 spiro atoms. The fourth-order valence-corrected chi connectivity index (χ4v) is 1.14. The molecule has 0 saturated carbocycles. The summed E-state index contributed by atoms with van der Waals surface area (Å²) in [5, 5.41) is 2.56. The first kappa shape index (κ1) is 10.9. The van der Waals surface area contributed by atoms with Crippen molar-refractivity contribution in [3.8, 4) is 0 Å². The fourth-order valence-electron chi connectivity index (χ4n) is 0.783. The zero-order chi connectivity index (χ0) is 10.7. The summed E-state index contributed by atoms with van der Waals surface area (Å²) >= 11 is -3.36. The highest BCUT2D eigenvalue weighted by Crippen LogP contribution is 2.03. The SMILES string of the molecule is NC(=O)NC1N=CN([O][Al]([OH])[OH])C1=O. The fraction of sp³-hybridized carbons (Fsp3) is 0.250. The normalized spacial score (nSPS) is 20.0. The number of nitrogens with one attached hydrogen (secondary N) is 1. The van der Waals surface area contributed by atoms with Gasteiger partial charge in [-0.1, -0.05) is 0 Å². The molecule has 0 radical (unpaired) electrons. The second-order valence-electron chi connectivity index (χ2n) is 2.27. The van der Waals surface area contributed by atoms with E-state index in [4.69, 9.17) is 14.1 Å². The van der Waals surface area contributed by atoms with E-state index in [1.165, 1.54) is 0 Å². The predicted octanol–water partition coefficient (Wildman–Crippen LogP) is -3.25. The van der Waals surface area contributed by atoms with Gasteiger partial charge in [-0.3, -0.25) is 4.79 Å². The number of carbonyl (C=O) groups excluding carboxylic acids is 2. The van der Waals surface area contributed by atoms with Gasteiger partial charge in [0.05, 0.1) is 0 Å². The Bertz CT molecular complexity index is 281. The molecule has 0 fully saturated rings. The molecule has 0 bridgehead atoms. The van der Waals surface area contributed by atoms with Crippen LogP contribution in [0.3, 0.4) is 0 Å². The van der Waals surface area contributed by atoms with E-state index >= 15 is 0 Å². The van der Waals surface area contributed by atoms with Gasteiger partial charge in [0, 0.05) is 0 Å². The number of rotatable bonds is 3. The Labute approximate surface area is 83.1 Å². The topological polar surface area (TPSA) is 137 Å². The summed E-state index contributed by atoms with van der Waals surface area (Å²) in [5.41, 5.74) is 4.76. The van der Waals surface area contributed by atoms with E-state index in [9.17, 15) is 9.59 Å². The molecule has 1 aliphatic heterocycles. The van der Waals surface area contributed by atoms with Gasteiger partial charge in [0.15, 0.2) is 0 Å². The van der Waals surface area contributed by atoms with E-state index in [-0.39, 0.29) is 0 Å². The summed E-state index contributed by atoms with van der Waals surface area (Å²) in [7, 11) is 0. The van der Waals surface area contributed by atoms with Gasteiger partial charge in [0.25, 0.3) is 5.91 Å². The molecule has 5 N–H and O–H groups in total. The van der Waals surface area contributed by atoms with Crippen LogP contribution < -0.4 is 11.1 Å². The van der Waals surface area contributed by atoms with Gasteiger partial charge in [-0.2, -0.15) is 5.06 Å². The third-order valence-corrected chi connectivity index (χ3v) is 1.67. The van der Waals surface area contributed by atoms with E-state index < -0.39 is 33.3 Å². The second-order valence-corrected chi connectivity index (χ2v) is 3.13. The maximum Gasteiger partial charge on any atom is 0.924 e. The lowest BCUT2D eigenvalue weighted by Gasteiger charge is -2.13. The summed E-state index contributed by atoms with van der Waals surface area (Å²) in [6.45, 7) is 0. The summed E-state index contributed by atoms with van der Waals surface area (Å²) in [4.78, 5) is 25.1. The predicted molar refractivity (Wildman–Crippen MR) is 43.1 cm³/mol. The summed E-state index contributed by atoms with van der Waals surface area (Å²) in [6.07, 6.45) is -0.240. The molecule has 9 nitrogen and oxygen atoms in total. The smallest absolute Gasteiger partial charge is 0.468 e. The van der Waals surface area contributed by atoms with Crippen LogP contribution in [0, 0.1) is 0 Å². The number of urea groups is 1. The highest BCUT2D eigenvalue weighted by Gasteiger charge is 2.34. The van der Waals surface area contributed by atoms with E-state index in [1.54, 1.807) is 0 Å². The number of hydrogen-bond acceptors (Lipinski definition) is 6. The van der Waals surface area contributed by atoms with E-state index in [0.717, 1.165) is 6.34 Å². The van der Waals surface area contributed by atoms with Crippen molar-refractivity contribution in [1.29, 1.82) is 0 Å². The molecule has 0 aromatic heterocycles. The molecule has 0 aliphatic carbocycles. The van der Waals surface area contributed by atoms with Crippen molar-refractivity contribution < 1.29 is 21.8 Å². The minimum Gasteiger partial charge on any atom is -0.468 e. The maximum absolute atomic E-state index is 11.2. The van der Waals surface area contributed by atoms with Crippen molar-refractivity contribution in [1.82, 2.24) is 10.4 Å². The first-order chi connectivity index (χ1) is 6.50. The second kappa shape index (κ2) is 4.36. The number of aliphatic imine (C=N–C) groups is 1. The Kier molecular flexibility index (Phi) is 3.39. The Morgan fingerprint density at radius 3 is 2.93 bits per heavy atom. The van der Waals surface area contributed by atoms with Crippen molar-refractivity contribution in [3.63, 3.8) is 0 Å². The Hall–Kier alpha value is -1.18. The molecule has 1 atom stereocenters. The van der Waals surface area contributed by atoms with Gasteiger partial charge in [0.2, 0.25) is 6.17 Å². The van der Waals surface area contributed by atoms with Gasteiger partial charge in [-0.25, -0.2) is 9.79 Å². The van der Waals surface area contributed by atoms with Gasteiger partial charge in [-0.15, -0.1) is 0 Å². The van der Waals surface area contributed by atoms with Crippen LogP contribution in [0.4, 0.5) is 4.79 Å². The molecule has 14 heavy (non-hydrogen) atoms. The van der Waals surface area contributed by atoms with Crippen LogP contribution in [0.2, 0.25) is 0 Å². The number of primary amides is 1. The van der Waals surface area contributed by atoms with E-state index in [0.29, 0.717) is 5.06 Å². The van der Waals surface area contributed by atoms with Crippen LogP contribution in [-0.4, -0.2) is 53.0 Å². The molecular weight excluding hydrogens is 211 g/mol. The number of hydroxylamine groups is 2. The number of amides is 3. The minimum absolute atomic E-state index is 0.539. The number of nitrogens with two attached hydrogens (primary N) is 1. The average Bonchev–Trinajstić information content (AvgIpc) is 2.34. The summed E-state index contributed by atoms with van der Waals surface area (Å²) in [5.74, 6) is -0.746. The first-order valence-electron chi connectivity index (χ1n) is 3.46. The Balaban J connectivity index is 2.52. The molecule has 1 rings (SSSR count). The molecule has 3 amide bonds. The molecule has 76 valence electrons. The highest BCUT2D eigenvalue weighted by molar-refractivity contribution is 6.33. The van der Waals surface area contributed by atoms with Crippen LogP contribution in [0.1, 0.15) is 0 Å². The van der Waals surface area contributed by atoms with Gasteiger partial charge >= 0.3 is 21.2 Å². The average molecular weight is 218 g/mol. The van der Waals surface area contributed by atoms with Crippen LogP contribution >= 0.6 is 0 Å². The van der Waals surface area contributed by atoms with Crippen LogP contribution in [-0.2, 0) is 8.68 Å². The Morgan fingerprint density at radius 1 is 1.79 bits per heavy atom. The van der Waals surface area contributed by atoms with Crippen molar-refractivity contribution in [2.45, 2.75) is 6.17 Å². The molecule has 0 aromatic rings. The lowest BCUT2D eigenvalue weighted by Crippen LogP contribution is -2.45. The van der Waals surface area contributed by atoms with Gasteiger partial charge in [0.1, 0.15) is 6.34 Å². The maximum atomic E-state index is 11.2. The zero-order valence-electron chi connectivity index (χ0n) is 6.82. The van der Waals surface area contributed by atoms with Crippen molar-refractivity contribution in [3.05, 3.63) is 0 Å². The molecule has 1 unspecified atom stereocenters. The first-order valence-corrected chi connectivity index (χ1v) is 4.96. The van der Waals surface area contributed by atoms with Crippen LogP contribution in [0.25, 0.3) is 0 Å². The lowest BCUT2D eigenvalue weighted by atomic mass is 10.5. The molecule has 0 saturated heterocycles. The van der Waals surface area contributed by atoms with Crippen molar-refractivity contribution in [2.24, 2.45) is 10.7 Å². The molecule has 0 aromatic carbocycles. The third kappa shape index (κ3) is 2.66. The van der Waals surface area contributed by atoms with Crippen LogP contribution in [0.5, 0.6) is 0 Å². The van der Waals surface area contributed by atoms with Gasteiger partial charge < -0.3 is 23.3 Å². The third-order valence-electron chi connectivity index (χ3n) is 1.26. The largest absolute Gasteiger partial charge is 0.924 e. The standard InChI is InChI=1S/C4H5N4O3.Al.2H2O/c5-4(10)7-2-3(9)8(11)1-6-2;;;/h1-2H,(H3,5,7,10);;2*1H2/q-1;+3;;/p-2. The zero-order valence-corrected chi connectivity index (χ0v) is 7.98. The van der Waals surface area contributed by atoms with E-state index in [1.807, 2.05) is 5.32 Å². The Morgan fingerprint density at radius 2 is 2.43 bits per heavy atom. The van der Waals surface area contributed by atoms with Gasteiger partial charge in [-0.05, 0) is 0 Å². The summed E-state index contributed by atoms with van der Waals surface area (Å²) in [6, 6.07) is -0.913. The summed E-state index contributed by atoms with van der Waals surface area (Å²) < 4.78 is 21.3. The monoisotopic (exact) mass is 218 g/mol. The lowest BCUT2D eigenvalue weighted by molar-refractivity contribution is -0.147. The molecule has 1 heterocycles. The van der Waals surface area contributed by atoms with E-state index in [2.05, 4.69) is 8.88 Å². The number of nitrogens with zero attached hydrogens (tertiary/aromatic N) is 2.